The lowest BCUT2D eigenvalue weighted by Crippen LogP contribution is -2.27. The maximum atomic E-state index is 13.0. The number of aliphatic hydroxyl groups excluding tert-OH is 1. The maximum Gasteiger partial charge on any atom is 0.417 e. The van der Waals surface area contributed by atoms with Crippen molar-refractivity contribution in [1.82, 2.24) is 0 Å². The maximum absolute atomic E-state index is 13.0. The highest BCUT2D eigenvalue weighted by Crippen LogP contribution is 2.42. The molecule has 3 aliphatic carbocycles. The number of carboxylic acid groups (broad SMARTS) is 1. The molecule has 46 heteroatoms. The number of non-ortho nitro benzene ring substituents is 2. The molecule has 32 nitrogen and oxygen atoms in total. The molecule has 120 heavy (non-hydrogen) atoms. The van der Waals surface area contributed by atoms with Crippen molar-refractivity contribution >= 4 is 150 Å². The number of anilines is 2. The van der Waals surface area contributed by atoms with Crippen LogP contribution in [-0.4, -0.2) is 125 Å². The van der Waals surface area contributed by atoms with Crippen LogP contribution in [0.25, 0.3) is 0 Å². The van der Waals surface area contributed by atoms with Crippen molar-refractivity contribution in [2.24, 2.45) is 17.8 Å². The lowest BCUT2D eigenvalue weighted by molar-refractivity contribution is -0.385. The number of nitro benzene ring substituents is 2. The van der Waals surface area contributed by atoms with Gasteiger partial charge in [-0.05, 0) is 145 Å². The van der Waals surface area contributed by atoms with Gasteiger partial charge in [-0.2, -0.15) is 26.3 Å². The number of carbonyl (C=O) groups is 6. The number of nitrogens with two attached hydrogens (primary N) is 1. The molecule has 0 saturated heterocycles. The summed E-state index contributed by atoms with van der Waals surface area (Å²) >= 11 is 46.2. The van der Waals surface area contributed by atoms with Gasteiger partial charge in [0.05, 0.1) is 73.5 Å². The third-order valence-electron chi connectivity index (χ3n) is 16.4. The molecular formula is C74H71Cl8F6N7O25. The highest BCUT2D eigenvalue weighted by Gasteiger charge is 2.32. The zero-order valence-electron chi connectivity index (χ0n) is 62.0. The number of H-pyrrole nitrogens is 3. The minimum absolute atomic E-state index is 0. The highest BCUT2D eigenvalue weighted by molar-refractivity contribution is 6.97. The number of amides is 1. The van der Waals surface area contributed by atoms with Gasteiger partial charge in [-0.3, -0.25) is 34.6 Å². The first-order valence-electron chi connectivity index (χ1n) is 34.1. The number of rotatable bonds is 32. The molecule has 0 aliphatic heterocycles. The zero-order chi connectivity index (χ0) is 85.9. The Morgan fingerprint density at radius 2 is 0.800 bits per heavy atom. The summed E-state index contributed by atoms with van der Waals surface area (Å²) in [5, 5.41) is 42.6. The number of ether oxygens (including phenoxy) is 10. The minimum atomic E-state index is -3.11. The fraction of sp³-hybridized carbons (Fsp3) is 0.311. The van der Waals surface area contributed by atoms with Crippen LogP contribution in [-0.2, 0) is 57.5 Å². The number of nitrogens with zero attached hydrogens (tertiary/aromatic N) is 2. The van der Waals surface area contributed by atoms with Crippen LogP contribution in [0.3, 0.4) is 0 Å². The minimum Gasteiger partial charge on any atom is -0.870 e. The molecule has 3 atom stereocenters. The molecule has 3 aromatic heterocycles. The second-order valence-electron chi connectivity index (χ2n) is 25.0. The number of halogens is 14. The fourth-order valence-corrected chi connectivity index (χ4v) is 11.6. The summed E-state index contributed by atoms with van der Waals surface area (Å²) in [6, 6.07) is 19.9. The molecule has 3 aliphatic rings. The first-order valence-corrected chi connectivity index (χ1v) is 37.1. The van der Waals surface area contributed by atoms with Gasteiger partial charge in [0.25, 0.3) is 11.4 Å². The molecule has 0 spiro atoms. The van der Waals surface area contributed by atoms with Crippen molar-refractivity contribution in [3.8, 4) is 46.0 Å². The Hall–Kier alpha value is -10.5. The number of aliphatic hydroxyl groups is 1. The van der Waals surface area contributed by atoms with Crippen molar-refractivity contribution in [3.05, 3.63) is 212 Å². The number of benzene rings is 5. The number of hydrogen-bond acceptors (Lipinski definition) is 25. The standard InChI is InChI=1S/C27H23Cl2F2N3O8.C20H17Cl2F2NO6.C18H17Cl2F2NO3.C7H8N2O3.C2Cl2O2.3H2O/c1-39-23-9-16(34(37)38)5-6-20(23)33-25(35)26(36)41-22(10-17-18(28)11-32-12-19(17)29)15-4-7-21(42-27(30)31)24(8-15)40-13-14-2-3-14;21-13-7-25-8-14(22)12(13)6-16(30-19(28)18(26)27)11-3-4-15(31-20(23)24)17(5-11)29-9-10-1-2-10;19-13-7-23-8-14(20)12(13)6-15(24)11-3-4-16(26-18(21)22)17(5-11)25-9-10-1-2-10;1-12-7-4-5(9(10)11)2-3-6(7)8;3-1(5)2(4)6;;;/h4-9,11-12,14,22,27H,2-3,10,13H2,1H3,(H,33,35);3-5,7-8,10,16,20H,1-2,6,9H2,(H,26,27);3-5,7-8,10,15,18,24H,1-2,6,9H2;2-4H,8H2,1H3;;3*1H2/t22-;16-;15-;;;;;/m000...../s1. The second kappa shape index (κ2) is 49.3. The van der Waals surface area contributed by atoms with E-state index in [1.54, 1.807) is 12.4 Å². The lowest BCUT2D eigenvalue weighted by Gasteiger charge is -2.21. The van der Waals surface area contributed by atoms with Crippen LogP contribution in [0.1, 0.15) is 90.2 Å². The van der Waals surface area contributed by atoms with E-state index in [1.807, 2.05) is 0 Å². The quantitative estimate of drug-likeness (QED) is 0.00578. The monoisotopic (exact) mass is 1850 g/mol. The number of aromatic amines is 3. The van der Waals surface area contributed by atoms with Crippen molar-refractivity contribution < 1.29 is 154 Å². The van der Waals surface area contributed by atoms with Gasteiger partial charge >= 0.3 is 54.1 Å². The van der Waals surface area contributed by atoms with Crippen LogP contribution in [0, 0.1) is 38.0 Å². The van der Waals surface area contributed by atoms with Gasteiger partial charge in [-0.15, -0.1) is 0 Å². The molecule has 3 heterocycles. The van der Waals surface area contributed by atoms with Gasteiger partial charge in [-0.25, -0.2) is 29.3 Å². The molecule has 0 radical (unpaired) electrons. The molecule has 3 saturated carbocycles. The number of esters is 2. The topological polar surface area (TPSA) is 492 Å². The van der Waals surface area contributed by atoms with Gasteiger partial charge in [0.15, 0.2) is 71.7 Å². The SMILES string of the molecule is COc1cc([N+](=O)[O-])ccc1N.COc1cc([N+](=O)[O-])ccc1NC(=O)C(=O)O[C@@H](Cc1c(Cl)c[nH+]cc1Cl)c1ccc(OC(F)F)c(OCC2CC2)c1.O=C(Cl)C(=O)Cl.O=C(O)C(=O)O[C@@H](Cc1c(Cl)c[nH+]cc1Cl)c1ccc(OC(F)F)c(OCC2CC2)c1.O[C@@H](Cc1c(Cl)c[nH+]cc1Cl)c1ccc(OC(F)F)c(OCC2CC2)c1.[OH-].[OH-].[OH-]. The molecule has 3 fully saturated rings. The number of hydrogen-bond donors (Lipinski definition) is 4. The third kappa shape index (κ3) is 32.9. The molecule has 8 aromatic rings. The van der Waals surface area contributed by atoms with E-state index in [0.29, 0.717) is 80.3 Å². The summed E-state index contributed by atoms with van der Waals surface area (Å²) in [4.78, 5) is 95.9. The number of nitrogens with one attached hydrogen (secondary N) is 4. The van der Waals surface area contributed by atoms with E-state index in [9.17, 15) is 80.4 Å². The normalized spacial score (nSPS) is 12.9. The first kappa shape index (κ1) is 102. The molecule has 0 bridgehead atoms. The van der Waals surface area contributed by atoms with Gasteiger partial charge in [0, 0.05) is 48.1 Å². The smallest absolute Gasteiger partial charge is 0.417 e. The van der Waals surface area contributed by atoms with Gasteiger partial charge in [-0.1, -0.05) is 87.8 Å². The first-order chi connectivity index (χ1) is 55.5. The molecule has 650 valence electrons. The number of nitro groups is 2. The van der Waals surface area contributed by atoms with Crippen LogP contribution in [0.5, 0.6) is 46.0 Å². The van der Waals surface area contributed by atoms with Crippen LogP contribution in [0.2, 0.25) is 30.1 Å². The van der Waals surface area contributed by atoms with Crippen LogP contribution in [0.4, 0.5) is 49.1 Å². The van der Waals surface area contributed by atoms with E-state index in [2.05, 4.69) is 57.7 Å². The average molecular weight is 1860 g/mol. The van der Waals surface area contributed by atoms with Crippen molar-refractivity contribution in [2.45, 2.75) is 95.9 Å². The summed E-state index contributed by atoms with van der Waals surface area (Å²) in [5.74, 6) is -4.73. The van der Waals surface area contributed by atoms with Crippen molar-refractivity contribution in [1.29, 1.82) is 0 Å². The van der Waals surface area contributed by atoms with E-state index in [1.165, 1.54) is 118 Å². The number of methoxy groups -OCH3 is 2. The molecule has 11 N–H and O–H groups in total. The fourth-order valence-electron chi connectivity index (χ4n) is 9.97. The largest absolute Gasteiger partial charge is 0.870 e. The molecule has 11 rings (SSSR count). The second-order valence-corrected chi connectivity index (χ2v) is 28.1. The predicted molar refractivity (Wildman–Crippen MR) is 414 cm³/mol. The summed E-state index contributed by atoms with van der Waals surface area (Å²) in [5.41, 5.74) is 7.94. The van der Waals surface area contributed by atoms with E-state index in [0.717, 1.165) is 50.7 Å². The Labute approximate surface area is 716 Å². The van der Waals surface area contributed by atoms with Crippen molar-refractivity contribution in [2.75, 3.05) is 45.1 Å². The van der Waals surface area contributed by atoms with E-state index >= 15 is 0 Å². The predicted octanol–water partition coefficient (Wildman–Crippen LogP) is 15.3. The van der Waals surface area contributed by atoms with Gasteiger partial charge in [0.2, 0.25) is 0 Å². The molecule has 5 aromatic carbocycles. The number of carboxylic acids is 1. The van der Waals surface area contributed by atoms with Gasteiger partial charge < -0.3 is 85.1 Å². The lowest BCUT2D eigenvalue weighted by atomic mass is 10.0. The Morgan fingerprint density at radius 3 is 1.12 bits per heavy atom. The number of nitrogen functional groups attached to an aromatic ring is 1. The number of aliphatic carboxylic acids is 1. The third-order valence-corrected chi connectivity index (χ3v) is 18.9. The summed E-state index contributed by atoms with van der Waals surface area (Å²) < 4.78 is 128. The summed E-state index contributed by atoms with van der Waals surface area (Å²) in [6.45, 7) is -8.09. The van der Waals surface area contributed by atoms with Crippen LogP contribution < -0.4 is 63.9 Å². The zero-order valence-corrected chi connectivity index (χ0v) is 68.0. The van der Waals surface area contributed by atoms with Crippen molar-refractivity contribution in [3.63, 3.8) is 0 Å². The number of pyridine rings is 3. The average Bonchev–Trinajstić information content (AvgIpc) is 1.26. The van der Waals surface area contributed by atoms with Crippen LogP contribution in [0.15, 0.2) is 128 Å². The Bertz CT molecular complexity index is 4790. The molecule has 0 unspecified atom stereocenters. The number of aromatic nitrogens is 3. The molecule has 1 amide bonds. The summed E-state index contributed by atoms with van der Waals surface area (Å²) in [6.07, 6.45) is 11.7. The van der Waals surface area contributed by atoms with E-state index in [4.69, 9.17) is 114 Å². The molecular weight excluding hydrogens is 1780 g/mol. The Kier molecular flexibility index (Phi) is 41.8. The highest BCUT2D eigenvalue weighted by atomic mass is 35.5. The Morgan fingerprint density at radius 1 is 0.475 bits per heavy atom. The number of alkyl halides is 6. The summed E-state index contributed by atoms with van der Waals surface area (Å²) in [7, 11) is 2.65. The van der Waals surface area contributed by atoms with E-state index in [-0.39, 0.29) is 125 Å². The van der Waals surface area contributed by atoms with E-state index < -0.39 is 82.3 Å². The van der Waals surface area contributed by atoms with Crippen LogP contribution >= 0.6 is 92.8 Å². The number of carbonyl (C=O) groups excluding carboxylic acids is 5. The Balaban J connectivity index is 0.000000345. The van der Waals surface area contributed by atoms with Gasteiger partial charge in [0.1, 0.15) is 53.8 Å².